The molecule has 24 heavy (non-hydrogen) atoms. The number of aliphatic carboxylic acids is 1. The molecule has 0 aromatic heterocycles. The number of hydrogen-bond donors (Lipinski definition) is 1. The highest BCUT2D eigenvalue weighted by molar-refractivity contribution is 5.80. The van der Waals surface area contributed by atoms with E-state index in [-0.39, 0.29) is 18.0 Å². The molecule has 0 amide bonds. The first-order valence-electron chi connectivity index (χ1n) is 7.28. The van der Waals surface area contributed by atoms with E-state index in [1.165, 1.54) is 6.07 Å². The first-order chi connectivity index (χ1) is 11.4. The zero-order chi connectivity index (χ0) is 17.3. The molecule has 7 heteroatoms. The number of halogens is 3. The van der Waals surface area contributed by atoms with Crippen molar-refractivity contribution < 1.29 is 27.9 Å². The van der Waals surface area contributed by atoms with Gasteiger partial charge in [-0.25, -0.2) is 9.86 Å². The lowest BCUT2D eigenvalue weighted by Gasteiger charge is -2.39. The van der Waals surface area contributed by atoms with E-state index in [0.717, 1.165) is 5.56 Å². The van der Waals surface area contributed by atoms with Crippen molar-refractivity contribution in [3.63, 3.8) is 0 Å². The van der Waals surface area contributed by atoms with Crippen LogP contribution in [0, 0.1) is 0 Å². The van der Waals surface area contributed by atoms with E-state index in [1.54, 1.807) is 18.2 Å². The summed E-state index contributed by atoms with van der Waals surface area (Å²) < 4.78 is 38.2. The van der Waals surface area contributed by atoms with Gasteiger partial charge in [0, 0.05) is 5.92 Å². The van der Waals surface area contributed by atoms with Gasteiger partial charge in [-0.1, -0.05) is 48.5 Å². The predicted octanol–water partition coefficient (Wildman–Crippen LogP) is 3.93. The van der Waals surface area contributed by atoms with Crippen molar-refractivity contribution in [2.75, 3.05) is 5.06 Å². The van der Waals surface area contributed by atoms with Crippen LogP contribution in [0.4, 0.5) is 18.9 Å². The second-order valence-electron chi connectivity index (χ2n) is 5.47. The Balaban J connectivity index is 2.10. The maximum atomic E-state index is 12.7. The molecule has 2 atom stereocenters. The molecule has 0 spiro atoms. The lowest BCUT2D eigenvalue weighted by molar-refractivity contribution is -0.333. The molecule has 0 saturated carbocycles. The van der Waals surface area contributed by atoms with E-state index < -0.39 is 18.4 Å². The van der Waals surface area contributed by atoms with Gasteiger partial charge in [0.15, 0.2) is 6.04 Å². The van der Waals surface area contributed by atoms with Crippen LogP contribution in [-0.4, -0.2) is 23.5 Å². The van der Waals surface area contributed by atoms with Gasteiger partial charge in [-0.2, -0.15) is 4.84 Å². The molecule has 1 aliphatic heterocycles. The summed E-state index contributed by atoms with van der Waals surface area (Å²) in [4.78, 5) is 15.6. The van der Waals surface area contributed by atoms with Crippen LogP contribution in [-0.2, 0) is 9.63 Å². The standard InChI is InChI=1S/C17H14F3NO3/c18-17(19,20)24-21-14-9-5-4-8-12(14)13(10-15(21)16(22)23)11-6-2-1-3-7-11/h1-9,13,15H,10H2,(H,22,23). The van der Waals surface area contributed by atoms with Crippen molar-refractivity contribution in [1.29, 1.82) is 0 Å². The van der Waals surface area contributed by atoms with Crippen LogP contribution in [0.25, 0.3) is 0 Å². The minimum Gasteiger partial charge on any atom is -0.480 e. The van der Waals surface area contributed by atoms with Crippen LogP contribution in [0.1, 0.15) is 23.5 Å². The highest BCUT2D eigenvalue weighted by atomic mass is 19.4. The first kappa shape index (κ1) is 16.3. The lowest BCUT2D eigenvalue weighted by atomic mass is 9.82. The second-order valence-corrected chi connectivity index (χ2v) is 5.47. The molecule has 0 aliphatic carbocycles. The third-order valence-electron chi connectivity index (χ3n) is 3.98. The average molecular weight is 337 g/mol. The summed E-state index contributed by atoms with van der Waals surface area (Å²) in [6, 6.07) is 14.1. The fraction of sp³-hybridized carbons (Fsp3) is 0.235. The van der Waals surface area contributed by atoms with Crippen molar-refractivity contribution in [3.05, 3.63) is 65.7 Å². The Morgan fingerprint density at radius 3 is 2.33 bits per heavy atom. The third kappa shape index (κ3) is 3.21. The molecule has 0 saturated heterocycles. The van der Waals surface area contributed by atoms with E-state index in [0.29, 0.717) is 10.6 Å². The highest BCUT2D eigenvalue weighted by Gasteiger charge is 2.44. The zero-order valence-electron chi connectivity index (χ0n) is 12.4. The molecule has 1 N–H and O–H groups in total. The second kappa shape index (κ2) is 6.16. The Kier molecular flexibility index (Phi) is 4.19. The quantitative estimate of drug-likeness (QED) is 0.922. The molecule has 3 rings (SSSR count). The Hall–Kier alpha value is -2.54. The molecule has 126 valence electrons. The summed E-state index contributed by atoms with van der Waals surface area (Å²) in [7, 11) is 0. The number of carbonyl (C=O) groups is 1. The largest absolute Gasteiger partial charge is 0.544 e. The van der Waals surface area contributed by atoms with Gasteiger partial charge in [0.25, 0.3) is 0 Å². The molecule has 2 aromatic rings. The molecule has 2 aromatic carbocycles. The minimum atomic E-state index is -4.97. The maximum absolute atomic E-state index is 12.7. The molecule has 2 unspecified atom stereocenters. The number of hydrogen-bond acceptors (Lipinski definition) is 3. The van der Waals surface area contributed by atoms with Crippen molar-refractivity contribution in [3.8, 4) is 0 Å². The van der Waals surface area contributed by atoms with Gasteiger partial charge in [-0.15, -0.1) is 13.2 Å². The molecular weight excluding hydrogens is 323 g/mol. The summed E-state index contributed by atoms with van der Waals surface area (Å²) in [5, 5.41) is 9.86. The number of para-hydroxylation sites is 1. The summed E-state index contributed by atoms with van der Waals surface area (Å²) in [6.07, 6.45) is -4.99. The third-order valence-corrected chi connectivity index (χ3v) is 3.98. The SMILES string of the molecule is O=C(O)C1CC(c2ccccc2)c2ccccc2N1OC(F)(F)F. The van der Waals surface area contributed by atoms with Gasteiger partial charge >= 0.3 is 12.3 Å². The van der Waals surface area contributed by atoms with Crippen LogP contribution in [0.5, 0.6) is 0 Å². The number of alkyl halides is 3. The Bertz CT molecular complexity index is 733. The number of benzene rings is 2. The zero-order valence-corrected chi connectivity index (χ0v) is 12.4. The summed E-state index contributed by atoms with van der Waals surface area (Å²) in [5.41, 5.74) is 1.57. The van der Waals surface area contributed by atoms with E-state index in [4.69, 9.17) is 0 Å². The van der Waals surface area contributed by atoms with Gasteiger partial charge in [0.2, 0.25) is 0 Å². The molecular formula is C17H14F3NO3. The van der Waals surface area contributed by atoms with Crippen LogP contribution in [0.15, 0.2) is 54.6 Å². The fourth-order valence-electron chi connectivity index (χ4n) is 3.02. The van der Waals surface area contributed by atoms with Crippen LogP contribution < -0.4 is 5.06 Å². The van der Waals surface area contributed by atoms with Gasteiger partial charge < -0.3 is 5.11 Å². The molecule has 0 fully saturated rings. The average Bonchev–Trinajstić information content (AvgIpc) is 2.54. The maximum Gasteiger partial charge on any atom is 0.544 e. The number of carboxylic acids is 1. The summed E-state index contributed by atoms with van der Waals surface area (Å²) >= 11 is 0. The summed E-state index contributed by atoms with van der Waals surface area (Å²) in [5.74, 6) is -1.69. The van der Waals surface area contributed by atoms with Crippen molar-refractivity contribution in [1.82, 2.24) is 0 Å². The van der Waals surface area contributed by atoms with Gasteiger partial charge in [-0.3, -0.25) is 0 Å². The van der Waals surface area contributed by atoms with Gasteiger partial charge in [-0.05, 0) is 23.6 Å². The normalized spacial score (nSPS) is 20.5. The number of hydroxylamine groups is 1. The highest BCUT2D eigenvalue weighted by Crippen LogP contribution is 2.43. The Morgan fingerprint density at radius 1 is 1.08 bits per heavy atom. The minimum absolute atomic E-state index is 0.0214. The molecule has 0 radical (unpaired) electrons. The van der Waals surface area contributed by atoms with Crippen LogP contribution in [0.2, 0.25) is 0 Å². The van der Waals surface area contributed by atoms with Crippen LogP contribution in [0.3, 0.4) is 0 Å². The number of anilines is 1. The number of carboxylic acid groups (broad SMARTS) is 1. The smallest absolute Gasteiger partial charge is 0.480 e. The van der Waals surface area contributed by atoms with E-state index >= 15 is 0 Å². The monoisotopic (exact) mass is 337 g/mol. The van der Waals surface area contributed by atoms with Crippen LogP contribution >= 0.6 is 0 Å². The molecule has 1 heterocycles. The Labute approximate surface area is 136 Å². The van der Waals surface area contributed by atoms with Crippen molar-refractivity contribution >= 4 is 11.7 Å². The van der Waals surface area contributed by atoms with E-state index in [2.05, 4.69) is 4.84 Å². The van der Waals surface area contributed by atoms with Gasteiger partial charge in [0.05, 0.1) is 5.69 Å². The topological polar surface area (TPSA) is 49.8 Å². The first-order valence-corrected chi connectivity index (χ1v) is 7.28. The Morgan fingerprint density at radius 2 is 1.71 bits per heavy atom. The number of fused-ring (bicyclic) bond motifs is 1. The van der Waals surface area contributed by atoms with Gasteiger partial charge in [0.1, 0.15) is 0 Å². The van der Waals surface area contributed by atoms with E-state index in [9.17, 15) is 23.1 Å². The molecule has 1 aliphatic rings. The van der Waals surface area contributed by atoms with Crippen molar-refractivity contribution in [2.24, 2.45) is 0 Å². The number of rotatable bonds is 3. The molecule has 4 nitrogen and oxygen atoms in total. The fourth-order valence-corrected chi connectivity index (χ4v) is 3.02. The molecule has 0 bridgehead atoms. The van der Waals surface area contributed by atoms with Crippen molar-refractivity contribution in [2.45, 2.75) is 24.7 Å². The van der Waals surface area contributed by atoms with E-state index in [1.807, 2.05) is 30.3 Å². The predicted molar refractivity (Wildman–Crippen MR) is 80.4 cm³/mol. The number of nitrogens with zero attached hydrogens (tertiary/aromatic N) is 1. The lowest BCUT2D eigenvalue weighted by Crippen LogP contribution is -2.48. The summed E-state index contributed by atoms with van der Waals surface area (Å²) in [6.45, 7) is 0.